The Labute approximate surface area is 109 Å². The van der Waals surface area contributed by atoms with Crippen LogP contribution in [0.15, 0.2) is 18.2 Å². The molecule has 3 N–H and O–H groups in total. The summed E-state index contributed by atoms with van der Waals surface area (Å²) in [6.07, 6.45) is 0.948. The minimum Gasteiger partial charge on any atom is -0.491 e. The molecule has 0 atom stereocenters. The minimum atomic E-state index is -0.150. The van der Waals surface area contributed by atoms with Crippen molar-refractivity contribution in [3.8, 4) is 5.75 Å². The maximum Gasteiger partial charge on any atom is 0.251 e. The van der Waals surface area contributed by atoms with E-state index in [0.29, 0.717) is 23.6 Å². The van der Waals surface area contributed by atoms with Gasteiger partial charge >= 0.3 is 0 Å². The van der Waals surface area contributed by atoms with Crippen LogP contribution < -0.4 is 15.8 Å². The molecule has 4 nitrogen and oxygen atoms in total. The molecule has 1 aromatic rings. The molecule has 1 aromatic carbocycles. The van der Waals surface area contributed by atoms with Crippen molar-refractivity contribution in [2.45, 2.75) is 27.2 Å². The van der Waals surface area contributed by atoms with Gasteiger partial charge in [0, 0.05) is 12.6 Å². The van der Waals surface area contributed by atoms with E-state index >= 15 is 0 Å². The number of nitrogens with two attached hydrogens (primary N) is 1. The van der Waals surface area contributed by atoms with E-state index < -0.39 is 0 Å². The number of hydrogen-bond donors (Lipinski definition) is 2. The average molecular weight is 250 g/mol. The maximum absolute atomic E-state index is 11.4. The summed E-state index contributed by atoms with van der Waals surface area (Å²) in [6, 6.07) is 5.08. The summed E-state index contributed by atoms with van der Waals surface area (Å²) >= 11 is 0. The third-order valence-electron chi connectivity index (χ3n) is 2.61. The molecule has 0 radical (unpaired) electrons. The predicted molar refractivity (Wildman–Crippen MR) is 73.8 cm³/mol. The molecule has 0 aliphatic carbocycles. The lowest BCUT2D eigenvalue weighted by molar-refractivity contribution is 0.0963. The van der Waals surface area contributed by atoms with Crippen LogP contribution in [0, 0.1) is 5.41 Å². The molecule has 0 unspecified atom stereocenters. The molecule has 0 spiro atoms. The number of carbonyl (C=O) groups excluding carboxylic acids is 1. The van der Waals surface area contributed by atoms with Gasteiger partial charge in [0.2, 0.25) is 0 Å². The topological polar surface area (TPSA) is 64.3 Å². The Morgan fingerprint density at radius 2 is 2.06 bits per heavy atom. The van der Waals surface area contributed by atoms with Gasteiger partial charge in [-0.15, -0.1) is 0 Å². The summed E-state index contributed by atoms with van der Waals surface area (Å²) in [7, 11) is 1.59. The summed E-state index contributed by atoms with van der Waals surface area (Å²) in [5.41, 5.74) is 7.12. The third kappa shape index (κ3) is 4.28. The van der Waals surface area contributed by atoms with E-state index in [0.717, 1.165) is 6.42 Å². The number of carbonyl (C=O) groups is 1. The molecule has 0 saturated carbocycles. The van der Waals surface area contributed by atoms with Crippen LogP contribution in [-0.2, 0) is 0 Å². The molecule has 18 heavy (non-hydrogen) atoms. The molecular weight excluding hydrogens is 228 g/mol. The molecule has 4 heteroatoms. The van der Waals surface area contributed by atoms with Crippen LogP contribution in [0.4, 0.5) is 5.69 Å². The Kier molecular flexibility index (Phi) is 4.59. The van der Waals surface area contributed by atoms with Crippen molar-refractivity contribution in [1.29, 1.82) is 0 Å². The van der Waals surface area contributed by atoms with Gasteiger partial charge in [0.1, 0.15) is 5.75 Å². The molecule has 0 aromatic heterocycles. The predicted octanol–water partition coefficient (Wildman–Crippen LogP) is 2.44. The van der Waals surface area contributed by atoms with E-state index in [4.69, 9.17) is 10.5 Å². The lowest BCUT2D eigenvalue weighted by Gasteiger charge is -2.18. The van der Waals surface area contributed by atoms with Crippen LogP contribution in [0.25, 0.3) is 0 Å². The van der Waals surface area contributed by atoms with Gasteiger partial charge in [-0.3, -0.25) is 4.79 Å². The molecular formula is C14H22N2O2. The van der Waals surface area contributed by atoms with Crippen LogP contribution in [0.3, 0.4) is 0 Å². The van der Waals surface area contributed by atoms with Gasteiger partial charge in [-0.25, -0.2) is 0 Å². The molecule has 0 aliphatic heterocycles. The van der Waals surface area contributed by atoms with Gasteiger partial charge in [-0.1, -0.05) is 20.8 Å². The van der Waals surface area contributed by atoms with Crippen molar-refractivity contribution in [2.24, 2.45) is 5.41 Å². The van der Waals surface area contributed by atoms with Gasteiger partial charge in [0.25, 0.3) is 5.91 Å². The molecule has 0 saturated heterocycles. The highest BCUT2D eigenvalue weighted by molar-refractivity contribution is 5.95. The van der Waals surface area contributed by atoms with Crippen molar-refractivity contribution < 1.29 is 9.53 Å². The standard InChI is InChI=1S/C14H22N2O2/c1-14(2,3)7-8-18-12-6-5-10(9-11(12)15)13(17)16-4/h5-6,9H,7-8,15H2,1-4H3,(H,16,17). The normalized spacial score (nSPS) is 11.1. The Morgan fingerprint density at radius 1 is 1.39 bits per heavy atom. The van der Waals surface area contributed by atoms with E-state index in [1.165, 1.54) is 0 Å². The van der Waals surface area contributed by atoms with E-state index in [1.807, 2.05) is 0 Å². The first kappa shape index (κ1) is 14.4. The van der Waals surface area contributed by atoms with Crippen LogP contribution in [-0.4, -0.2) is 19.6 Å². The lowest BCUT2D eigenvalue weighted by Crippen LogP contribution is -2.18. The summed E-state index contributed by atoms with van der Waals surface area (Å²) < 4.78 is 5.62. The highest BCUT2D eigenvalue weighted by Crippen LogP contribution is 2.24. The number of hydrogen-bond acceptors (Lipinski definition) is 3. The van der Waals surface area contributed by atoms with E-state index in [2.05, 4.69) is 26.1 Å². The van der Waals surface area contributed by atoms with Crippen LogP contribution >= 0.6 is 0 Å². The van der Waals surface area contributed by atoms with Gasteiger partial charge in [-0.05, 0) is 30.0 Å². The molecule has 1 amide bonds. The first-order chi connectivity index (χ1) is 8.33. The smallest absolute Gasteiger partial charge is 0.251 e. The largest absolute Gasteiger partial charge is 0.491 e. The number of ether oxygens (including phenoxy) is 1. The van der Waals surface area contributed by atoms with Crippen LogP contribution in [0.5, 0.6) is 5.75 Å². The molecule has 0 fully saturated rings. The lowest BCUT2D eigenvalue weighted by atomic mass is 9.93. The third-order valence-corrected chi connectivity index (χ3v) is 2.61. The van der Waals surface area contributed by atoms with Crippen molar-refractivity contribution in [2.75, 3.05) is 19.4 Å². The summed E-state index contributed by atoms with van der Waals surface area (Å²) in [4.78, 5) is 11.4. The van der Waals surface area contributed by atoms with Crippen molar-refractivity contribution in [3.05, 3.63) is 23.8 Å². The number of anilines is 1. The van der Waals surface area contributed by atoms with Gasteiger partial charge in [-0.2, -0.15) is 0 Å². The monoisotopic (exact) mass is 250 g/mol. The molecule has 0 heterocycles. The van der Waals surface area contributed by atoms with E-state index in [1.54, 1.807) is 25.2 Å². The Balaban J connectivity index is 2.66. The molecule has 1 rings (SSSR count). The van der Waals surface area contributed by atoms with Gasteiger partial charge in [0.15, 0.2) is 0 Å². The second-order valence-electron chi connectivity index (χ2n) is 5.49. The number of nitrogens with one attached hydrogen (secondary N) is 1. The number of rotatable bonds is 4. The Bertz CT molecular complexity index is 422. The number of nitrogen functional groups attached to an aromatic ring is 1. The fraction of sp³-hybridized carbons (Fsp3) is 0.500. The Hall–Kier alpha value is -1.71. The zero-order chi connectivity index (χ0) is 13.8. The molecule has 100 valence electrons. The molecule has 0 bridgehead atoms. The average Bonchev–Trinajstić information content (AvgIpc) is 2.28. The van der Waals surface area contributed by atoms with Crippen molar-refractivity contribution in [3.63, 3.8) is 0 Å². The molecule has 0 aliphatic rings. The van der Waals surface area contributed by atoms with Gasteiger partial charge in [0.05, 0.1) is 12.3 Å². The van der Waals surface area contributed by atoms with Crippen molar-refractivity contribution >= 4 is 11.6 Å². The minimum absolute atomic E-state index is 0.150. The fourth-order valence-electron chi connectivity index (χ4n) is 1.43. The zero-order valence-electron chi connectivity index (χ0n) is 11.5. The summed E-state index contributed by atoms with van der Waals surface area (Å²) in [5, 5.41) is 2.56. The summed E-state index contributed by atoms with van der Waals surface area (Å²) in [5.74, 6) is 0.481. The second-order valence-corrected chi connectivity index (χ2v) is 5.49. The number of amides is 1. The quantitative estimate of drug-likeness (QED) is 0.807. The first-order valence-corrected chi connectivity index (χ1v) is 6.08. The first-order valence-electron chi connectivity index (χ1n) is 6.08. The zero-order valence-corrected chi connectivity index (χ0v) is 11.5. The highest BCUT2D eigenvalue weighted by atomic mass is 16.5. The van der Waals surface area contributed by atoms with Crippen molar-refractivity contribution in [1.82, 2.24) is 5.32 Å². The highest BCUT2D eigenvalue weighted by Gasteiger charge is 2.11. The number of benzene rings is 1. The van der Waals surface area contributed by atoms with Crippen LogP contribution in [0.2, 0.25) is 0 Å². The van der Waals surface area contributed by atoms with Crippen LogP contribution in [0.1, 0.15) is 37.6 Å². The SMILES string of the molecule is CNC(=O)c1ccc(OCCC(C)(C)C)c(N)c1. The Morgan fingerprint density at radius 3 is 2.56 bits per heavy atom. The fourth-order valence-corrected chi connectivity index (χ4v) is 1.43. The summed E-state index contributed by atoms with van der Waals surface area (Å²) in [6.45, 7) is 7.10. The van der Waals surface area contributed by atoms with Gasteiger partial charge < -0.3 is 15.8 Å². The second kappa shape index (κ2) is 5.76. The van der Waals surface area contributed by atoms with E-state index in [-0.39, 0.29) is 11.3 Å². The maximum atomic E-state index is 11.4. The van der Waals surface area contributed by atoms with E-state index in [9.17, 15) is 4.79 Å².